The number of likely N-dealkylation sites (tertiary alicyclic amines) is 1. The van der Waals surface area contributed by atoms with Crippen LogP contribution in [0.3, 0.4) is 0 Å². The van der Waals surface area contributed by atoms with E-state index in [0.29, 0.717) is 17.9 Å². The monoisotopic (exact) mass is 289 g/mol. The number of nitrogens with zero attached hydrogens (tertiary/aromatic N) is 1. The molecule has 21 heavy (non-hydrogen) atoms. The maximum Gasteiger partial charge on any atom is 0.221 e. The van der Waals surface area contributed by atoms with Crippen molar-refractivity contribution in [2.24, 2.45) is 0 Å². The molecule has 5 heteroatoms. The van der Waals surface area contributed by atoms with E-state index in [4.69, 9.17) is 6.42 Å². The number of carbonyl (C=O) groups is 1. The van der Waals surface area contributed by atoms with Gasteiger partial charge in [0.25, 0.3) is 0 Å². The quantitative estimate of drug-likeness (QED) is 0.836. The van der Waals surface area contributed by atoms with Crippen LogP contribution in [0, 0.1) is 18.2 Å². The summed E-state index contributed by atoms with van der Waals surface area (Å²) in [5.41, 5.74) is 1.02. The second kappa shape index (κ2) is 7.09. The van der Waals surface area contributed by atoms with Gasteiger partial charge in [0.1, 0.15) is 5.82 Å². The highest BCUT2D eigenvalue weighted by atomic mass is 19.1. The van der Waals surface area contributed by atoms with Gasteiger partial charge < -0.3 is 10.6 Å². The summed E-state index contributed by atoms with van der Waals surface area (Å²) in [7, 11) is 0. The lowest BCUT2D eigenvalue weighted by molar-refractivity contribution is -0.114. The van der Waals surface area contributed by atoms with Gasteiger partial charge in [0, 0.05) is 31.7 Å². The van der Waals surface area contributed by atoms with Gasteiger partial charge >= 0.3 is 0 Å². The topological polar surface area (TPSA) is 44.4 Å². The standard InChI is InChI=1S/C16H20FN3O/c1-3-8-20-9-6-13(7-10-20)19-16-11-14(18-12(2)21)4-5-15(16)17/h1,4-5,11,13,19H,6-10H2,2H3,(H,18,21). The van der Waals surface area contributed by atoms with Crippen LogP contribution >= 0.6 is 0 Å². The number of rotatable bonds is 4. The van der Waals surface area contributed by atoms with Crippen molar-refractivity contribution in [2.75, 3.05) is 30.3 Å². The molecule has 112 valence electrons. The molecule has 0 aromatic heterocycles. The second-order valence-corrected chi connectivity index (χ2v) is 5.27. The van der Waals surface area contributed by atoms with Crippen LogP contribution in [-0.2, 0) is 4.79 Å². The van der Waals surface area contributed by atoms with Gasteiger partial charge in [-0.2, -0.15) is 0 Å². The molecule has 2 rings (SSSR count). The number of halogens is 1. The maximum atomic E-state index is 13.8. The molecule has 0 bridgehead atoms. The van der Waals surface area contributed by atoms with E-state index in [1.807, 2.05) is 0 Å². The minimum absolute atomic E-state index is 0.171. The molecule has 1 saturated heterocycles. The number of amides is 1. The maximum absolute atomic E-state index is 13.8. The zero-order valence-corrected chi connectivity index (χ0v) is 12.2. The zero-order valence-electron chi connectivity index (χ0n) is 12.2. The summed E-state index contributed by atoms with van der Waals surface area (Å²) in [5.74, 6) is 2.16. The first-order chi connectivity index (χ1) is 10.1. The predicted molar refractivity (Wildman–Crippen MR) is 82.6 cm³/mol. The lowest BCUT2D eigenvalue weighted by Crippen LogP contribution is -2.39. The van der Waals surface area contributed by atoms with Crippen molar-refractivity contribution in [3.63, 3.8) is 0 Å². The molecular weight excluding hydrogens is 269 g/mol. The highest BCUT2D eigenvalue weighted by Crippen LogP contribution is 2.23. The first kappa shape index (κ1) is 15.3. The normalized spacial score (nSPS) is 16.2. The number of hydrogen-bond donors (Lipinski definition) is 2. The van der Waals surface area contributed by atoms with E-state index >= 15 is 0 Å². The fourth-order valence-corrected chi connectivity index (χ4v) is 2.50. The molecule has 1 aliphatic heterocycles. The summed E-state index contributed by atoms with van der Waals surface area (Å²) in [6.45, 7) is 3.92. The Morgan fingerprint density at radius 2 is 2.19 bits per heavy atom. The van der Waals surface area contributed by atoms with Crippen LogP contribution in [0.4, 0.5) is 15.8 Å². The van der Waals surface area contributed by atoms with Gasteiger partial charge in [-0.1, -0.05) is 5.92 Å². The van der Waals surface area contributed by atoms with Gasteiger partial charge in [0.15, 0.2) is 0 Å². The summed E-state index contributed by atoms with van der Waals surface area (Å²) in [5, 5.41) is 5.88. The van der Waals surface area contributed by atoms with E-state index < -0.39 is 0 Å². The van der Waals surface area contributed by atoms with Crippen molar-refractivity contribution in [3.05, 3.63) is 24.0 Å². The Kier molecular flexibility index (Phi) is 5.18. The summed E-state index contributed by atoms with van der Waals surface area (Å²) in [4.78, 5) is 13.3. The third-order valence-corrected chi connectivity index (χ3v) is 3.55. The van der Waals surface area contributed by atoms with Crippen molar-refractivity contribution in [1.82, 2.24) is 4.90 Å². The van der Waals surface area contributed by atoms with Crippen molar-refractivity contribution in [1.29, 1.82) is 0 Å². The molecule has 1 aliphatic rings. The predicted octanol–water partition coefficient (Wildman–Crippen LogP) is 2.29. The Labute approximate surface area is 124 Å². The van der Waals surface area contributed by atoms with Crippen LogP contribution in [0.5, 0.6) is 0 Å². The van der Waals surface area contributed by atoms with E-state index in [-0.39, 0.29) is 17.8 Å². The number of carbonyl (C=O) groups excluding carboxylic acids is 1. The smallest absolute Gasteiger partial charge is 0.221 e. The van der Waals surface area contributed by atoms with Crippen LogP contribution in [0.15, 0.2) is 18.2 Å². The fraction of sp³-hybridized carbons (Fsp3) is 0.438. The number of anilines is 2. The van der Waals surface area contributed by atoms with Crippen LogP contribution in [0.25, 0.3) is 0 Å². The van der Waals surface area contributed by atoms with Gasteiger partial charge in [-0.25, -0.2) is 4.39 Å². The van der Waals surface area contributed by atoms with Gasteiger partial charge in [0.05, 0.1) is 12.2 Å². The summed E-state index contributed by atoms with van der Waals surface area (Å²) in [6.07, 6.45) is 7.15. The Bertz CT molecular complexity index is 545. The van der Waals surface area contributed by atoms with E-state index in [0.717, 1.165) is 25.9 Å². The lowest BCUT2D eigenvalue weighted by Gasteiger charge is -2.31. The minimum atomic E-state index is -0.310. The molecule has 1 aromatic carbocycles. The van der Waals surface area contributed by atoms with Crippen LogP contribution in [0.2, 0.25) is 0 Å². The van der Waals surface area contributed by atoms with Crippen molar-refractivity contribution >= 4 is 17.3 Å². The molecular formula is C16H20FN3O. The van der Waals surface area contributed by atoms with Gasteiger partial charge in [0.2, 0.25) is 5.91 Å². The van der Waals surface area contributed by atoms with E-state index in [2.05, 4.69) is 21.5 Å². The lowest BCUT2D eigenvalue weighted by atomic mass is 10.0. The minimum Gasteiger partial charge on any atom is -0.380 e. The third-order valence-electron chi connectivity index (χ3n) is 3.55. The molecule has 1 heterocycles. The molecule has 0 radical (unpaired) electrons. The highest BCUT2D eigenvalue weighted by Gasteiger charge is 2.19. The largest absolute Gasteiger partial charge is 0.380 e. The number of terminal acetylenes is 1. The van der Waals surface area contributed by atoms with Crippen molar-refractivity contribution in [2.45, 2.75) is 25.8 Å². The number of benzene rings is 1. The molecule has 1 amide bonds. The number of nitrogens with one attached hydrogen (secondary N) is 2. The second-order valence-electron chi connectivity index (χ2n) is 5.27. The Morgan fingerprint density at radius 1 is 1.48 bits per heavy atom. The van der Waals surface area contributed by atoms with Crippen LogP contribution in [-0.4, -0.2) is 36.5 Å². The first-order valence-corrected chi connectivity index (χ1v) is 7.08. The molecule has 0 atom stereocenters. The molecule has 0 spiro atoms. The van der Waals surface area contributed by atoms with Crippen LogP contribution in [0.1, 0.15) is 19.8 Å². The average Bonchev–Trinajstić information content (AvgIpc) is 2.44. The number of piperidine rings is 1. The first-order valence-electron chi connectivity index (χ1n) is 7.08. The zero-order chi connectivity index (χ0) is 15.2. The molecule has 2 N–H and O–H groups in total. The van der Waals surface area contributed by atoms with E-state index in [1.165, 1.54) is 13.0 Å². The summed E-state index contributed by atoms with van der Waals surface area (Å²) < 4.78 is 13.8. The molecule has 1 aromatic rings. The average molecular weight is 289 g/mol. The highest BCUT2D eigenvalue weighted by molar-refractivity contribution is 5.89. The van der Waals surface area contributed by atoms with Gasteiger partial charge in [-0.15, -0.1) is 6.42 Å². The molecule has 0 aliphatic carbocycles. The SMILES string of the molecule is C#CCN1CCC(Nc2cc(NC(C)=O)ccc2F)CC1. The van der Waals surface area contributed by atoms with E-state index in [1.54, 1.807) is 12.1 Å². The Hall–Kier alpha value is -2.06. The van der Waals surface area contributed by atoms with Crippen LogP contribution < -0.4 is 10.6 Å². The Morgan fingerprint density at radius 3 is 2.81 bits per heavy atom. The molecule has 4 nitrogen and oxygen atoms in total. The molecule has 0 unspecified atom stereocenters. The van der Waals surface area contributed by atoms with Gasteiger partial charge in [-0.3, -0.25) is 9.69 Å². The third kappa shape index (κ3) is 4.47. The Balaban J connectivity index is 1.97. The van der Waals surface area contributed by atoms with Crippen molar-refractivity contribution < 1.29 is 9.18 Å². The fourth-order valence-electron chi connectivity index (χ4n) is 2.50. The van der Waals surface area contributed by atoms with E-state index in [9.17, 15) is 9.18 Å². The summed E-state index contributed by atoms with van der Waals surface area (Å²) >= 11 is 0. The number of hydrogen-bond acceptors (Lipinski definition) is 3. The van der Waals surface area contributed by atoms with Gasteiger partial charge in [-0.05, 0) is 31.0 Å². The summed E-state index contributed by atoms with van der Waals surface area (Å²) in [6, 6.07) is 4.77. The molecule has 1 fully saturated rings. The molecule has 0 saturated carbocycles. The van der Waals surface area contributed by atoms with Crippen molar-refractivity contribution in [3.8, 4) is 12.3 Å².